The SMILES string of the molecule is CCOc1ccc(C(=O)Nc2cccc(Cl)c2Cl)cc1COc1ccccc1OC. The zero-order valence-electron chi connectivity index (χ0n) is 16.6. The molecule has 0 bridgehead atoms. The normalized spacial score (nSPS) is 10.4. The number of benzene rings is 3. The van der Waals surface area contributed by atoms with Crippen molar-refractivity contribution in [2.24, 2.45) is 0 Å². The predicted octanol–water partition coefficient (Wildman–Crippen LogP) is 6.23. The molecular weight excluding hydrogens is 425 g/mol. The molecule has 0 heterocycles. The topological polar surface area (TPSA) is 56.8 Å². The van der Waals surface area contributed by atoms with Crippen LogP contribution in [0.3, 0.4) is 0 Å². The Hall–Kier alpha value is -2.89. The van der Waals surface area contributed by atoms with Crippen LogP contribution >= 0.6 is 23.2 Å². The van der Waals surface area contributed by atoms with Gasteiger partial charge in [-0.3, -0.25) is 4.79 Å². The highest BCUT2D eigenvalue weighted by atomic mass is 35.5. The van der Waals surface area contributed by atoms with E-state index in [-0.39, 0.29) is 17.5 Å². The molecule has 0 radical (unpaired) electrons. The van der Waals surface area contributed by atoms with Crippen molar-refractivity contribution in [3.63, 3.8) is 0 Å². The van der Waals surface area contributed by atoms with Crippen molar-refractivity contribution >= 4 is 34.8 Å². The lowest BCUT2D eigenvalue weighted by Crippen LogP contribution is -2.13. The lowest BCUT2D eigenvalue weighted by Gasteiger charge is -2.15. The van der Waals surface area contributed by atoms with E-state index in [0.717, 1.165) is 5.56 Å². The number of anilines is 1. The fourth-order valence-corrected chi connectivity index (χ4v) is 3.17. The summed E-state index contributed by atoms with van der Waals surface area (Å²) >= 11 is 12.2. The molecule has 0 atom stereocenters. The average Bonchev–Trinajstić information content (AvgIpc) is 2.76. The molecule has 30 heavy (non-hydrogen) atoms. The van der Waals surface area contributed by atoms with Gasteiger partial charge in [-0.2, -0.15) is 0 Å². The van der Waals surface area contributed by atoms with Gasteiger partial charge in [-0.1, -0.05) is 41.4 Å². The monoisotopic (exact) mass is 445 g/mol. The maximum absolute atomic E-state index is 12.8. The minimum absolute atomic E-state index is 0.203. The number of amides is 1. The summed E-state index contributed by atoms with van der Waals surface area (Å²) in [7, 11) is 1.58. The Kier molecular flexibility index (Phi) is 7.44. The first kappa shape index (κ1) is 21.8. The second kappa shape index (κ2) is 10.2. The smallest absolute Gasteiger partial charge is 0.255 e. The van der Waals surface area contributed by atoms with E-state index in [9.17, 15) is 4.79 Å². The number of ether oxygens (including phenoxy) is 3. The molecule has 0 spiro atoms. The Morgan fingerprint density at radius 2 is 1.70 bits per heavy atom. The lowest BCUT2D eigenvalue weighted by molar-refractivity contribution is 0.102. The van der Waals surface area contributed by atoms with E-state index in [1.807, 2.05) is 31.2 Å². The predicted molar refractivity (Wildman–Crippen MR) is 119 cm³/mol. The van der Waals surface area contributed by atoms with Crippen molar-refractivity contribution < 1.29 is 19.0 Å². The molecule has 0 unspecified atom stereocenters. The molecule has 7 heteroatoms. The summed E-state index contributed by atoms with van der Waals surface area (Å²) in [5, 5.41) is 3.44. The van der Waals surface area contributed by atoms with Crippen LogP contribution in [0.15, 0.2) is 60.7 Å². The van der Waals surface area contributed by atoms with Crippen molar-refractivity contribution in [2.45, 2.75) is 13.5 Å². The minimum atomic E-state index is -0.319. The quantitative estimate of drug-likeness (QED) is 0.446. The lowest BCUT2D eigenvalue weighted by atomic mass is 10.1. The number of halogens is 2. The molecule has 5 nitrogen and oxygen atoms in total. The number of carbonyl (C=O) groups excluding carboxylic acids is 1. The molecule has 1 amide bonds. The molecule has 0 saturated heterocycles. The van der Waals surface area contributed by atoms with Gasteiger partial charge in [0.25, 0.3) is 5.91 Å². The number of para-hydroxylation sites is 2. The van der Waals surface area contributed by atoms with E-state index in [1.54, 1.807) is 43.5 Å². The summed E-state index contributed by atoms with van der Waals surface area (Å²) in [4.78, 5) is 12.8. The zero-order chi connectivity index (χ0) is 21.5. The molecule has 0 saturated carbocycles. The first-order valence-electron chi connectivity index (χ1n) is 9.30. The molecular formula is C23H21Cl2NO4. The molecule has 0 aliphatic carbocycles. The molecule has 0 aliphatic rings. The number of carbonyl (C=O) groups is 1. The van der Waals surface area contributed by atoms with Crippen LogP contribution < -0.4 is 19.5 Å². The number of rotatable bonds is 8. The van der Waals surface area contributed by atoms with Crippen molar-refractivity contribution in [1.29, 1.82) is 0 Å². The highest BCUT2D eigenvalue weighted by Gasteiger charge is 2.14. The third-order valence-corrected chi connectivity index (χ3v) is 5.09. The van der Waals surface area contributed by atoms with E-state index < -0.39 is 0 Å². The van der Waals surface area contributed by atoms with Gasteiger partial charge in [0.1, 0.15) is 12.4 Å². The van der Waals surface area contributed by atoms with Gasteiger partial charge in [-0.15, -0.1) is 0 Å². The molecule has 3 rings (SSSR count). The second-order valence-corrected chi connectivity index (χ2v) is 7.04. The summed E-state index contributed by atoms with van der Waals surface area (Å²) in [5.74, 6) is 1.55. The fourth-order valence-electron chi connectivity index (χ4n) is 2.82. The van der Waals surface area contributed by atoms with Gasteiger partial charge >= 0.3 is 0 Å². The highest BCUT2D eigenvalue weighted by Crippen LogP contribution is 2.31. The van der Waals surface area contributed by atoms with E-state index >= 15 is 0 Å². The van der Waals surface area contributed by atoms with Gasteiger partial charge in [0.2, 0.25) is 0 Å². The average molecular weight is 446 g/mol. The van der Waals surface area contributed by atoms with Gasteiger partial charge < -0.3 is 19.5 Å². The van der Waals surface area contributed by atoms with Crippen LogP contribution in [0.5, 0.6) is 17.2 Å². The van der Waals surface area contributed by atoms with Crippen LogP contribution in [0.2, 0.25) is 10.0 Å². The molecule has 0 aromatic heterocycles. The molecule has 3 aromatic carbocycles. The third kappa shape index (κ3) is 5.17. The maximum Gasteiger partial charge on any atom is 0.255 e. The molecule has 1 N–H and O–H groups in total. The van der Waals surface area contributed by atoms with Gasteiger partial charge in [-0.25, -0.2) is 0 Å². The van der Waals surface area contributed by atoms with Crippen LogP contribution in [-0.2, 0) is 6.61 Å². The minimum Gasteiger partial charge on any atom is -0.493 e. The van der Waals surface area contributed by atoms with Crippen LogP contribution in [0.1, 0.15) is 22.8 Å². The molecule has 156 valence electrons. The molecule has 0 fully saturated rings. The van der Waals surface area contributed by atoms with E-state index in [0.29, 0.717) is 40.1 Å². The highest BCUT2D eigenvalue weighted by molar-refractivity contribution is 6.44. The number of methoxy groups -OCH3 is 1. The first-order valence-corrected chi connectivity index (χ1v) is 10.1. The first-order chi connectivity index (χ1) is 14.5. The van der Waals surface area contributed by atoms with Gasteiger partial charge in [0.05, 0.1) is 29.4 Å². The van der Waals surface area contributed by atoms with Crippen molar-refractivity contribution in [3.05, 3.63) is 81.8 Å². The van der Waals surface area contributed by atoms with Crippen molar-refractivity contribution in [3.8, 4) is 17.2 Å². The number of hydrogen-bond donors (Lipinski definition) is 1. The molecule has 0 aliphatic heterocycles. The second-order valence-electron chi connectivity index (χ2n) is 6.25. The molecule has 3 aromatic rings. The zero-order valence-corrected chi connectivity index (χ0v) is 18.1. The summed E-state index contributed by atoms with van der Waals surface area (Å²) < 4.78 is 16.9. The summed E-state index contributed by atoms with van der Waals surface area (Å²) in [6, 6.07) is 17.6. The van der Waals surface area contributed by atoms with E-state index in [1.165, 1.54) is 0 Å². The summed E-state index contributed by atoms with van der Waals surface area (Å²) in [5.41, 5.74) is 1.61. The van der Waals surface area contributed by atoms with Crippen molar-refractivity contribution in [2.75, 3.05) is 19.0 Å². The van der Waals surface area contributed by atoms with E-state index in [2.05, 4.69) is 5.32 Å². The Balaban J connectivity index is 1.83. The van der Waals surface area contributed by atoms with Gasteiger partial charge in [0.15, 0.2) is 11.5 Å². The summed E-state index contributed by atoms with van der Waals surface area (Å²) in [6.45, 7) is 2.59. The fraction of sp³-hybridized carbons (Fsp3) is 0.174. The van der Waals surface area contributed by atoms with Gasteiger partial charge in [-0.05, 0) is 49.4 Å². The number of hydrogen-bond acceptors (Lipinski definition) is 4. The standard InChI is InChI=1S/C23H21Cl2NO4/c1-3-29-19-12-11-15(23(27)26-18-8-6-7-17(24)22(18)25)13-16(19)14-30-21-10-5-4-9-20(21)28-2/h4-13H,3,14H2,1-2H3,(H,26,27). The van der Waals surface area contributed by atoms with Crippen LogP contribution in [0.4, 0.5) is 5.69 Å². The van der Waals surface area contributed by atoms with Crippen LogP contribution in [-0.4, -0.2) is 19.6 Å². The van der Waals surface area contributed by atoms with E-state index in [4.69, 9.17) is 37.4 Å². The largest absolute Gasteiger partial charge is 0.493 e. The van der Waals surface area contributed by atoms with Crippen LogP contribution in [0, 0.1) is 0 Å². The maximum atomic E-state index is 12.8. The van der Waals surface area contributed by atoms with Gasteiger partial charge in [0, 0.05) is 11.1 Å². The Morgan fingerprint density at radius 1 is 0.933 bits per heavy atom. The van der Waals surface area contributed by atoms with Crippen LogP contribution in [0.25, 0.3) is 0 Å². The summed E-state index contributed by atoms with van der Waals surface area (Å²) in [6.07, 6.45) is 0. The third-order valence-electron chi connectivity index (χ3n) is 4.27. The number of nitrogens with one attached hydrogen (secondary N) is 1. The van der Waals surface area contributed by atoms with Crippen molar-refractivity contribution in [1.82, 2.24) is 0 Å². The Bertz CT molecular complexity index is 1040. The Labute approximate surface area is 185 Å². The Morgan fingerprint density at radius 3 is 2.43 bits per heavy atom.